The smallest absolute Gasteiger partial charge is 0.258 e. The molecule has 1 aromatic heterocycles. The van der Waals surface area contributed by atoms with Crippen LogP contribution in [0.5, 0.6) is 11.5 Å². The van der Waals surface area contributed by atoms with Gasteiger partial charge in [0.05, 0.1) is 38.2 Å². The highest BCUT2D eigenvalue weighted by molar-refractivity contribution is 5.93. The number of rotatable bonds is 7. The van der Waals surface area contributed by atoms with Crippen LogP contribution in [0.25, 0.3) is 10.9 Å². The first-order valence-corrected chi connectivity index (χ1v) is 11.3. The first-order valence-electron chi connectivity index (χ1n) is 11.3. The second-order valence-electron chi connectivity index (χ2n) is 8.58. The Balaban J connectivity index is 1.35. The van der Waals surface area contributed by atoms with E-state index in [4.69, 9.17) is 9.47 Å². The minimum atomic E-state index is -0.206. The summed E-state index contributed by atoms with van der Waals surface area (Å²) in [6.45, 7) is 8.04. The Kier molecular flexibility index (Phi) is 7.14. The molecule has 0 atom stereocenters. The monoisotopic (exact) mass is 465 g/mol. The Morgan fingerprint density at radius 1 is 1.06 bits per heavy atom. The highest BCUT2D eigenvalue weighted by atomic mass is 16.5. The molecule has 2 heterocycles. The van der Waals surface area contributed by atoms with E-state index in [0.29, 0.717) is 41.3 Å². The molecule has 9 heteroatoms. The molecule has 0 unspecified atom stereocenters. The Bertz CT molecular complexity index is 1250. The van der Waals surface area contributed by atoms with Crippen molar-refractivity contribution in [2.75, 3.05) is 52.3 Å². The van der Waals surface area contributed by atoms with E-state index in [1.165, 1.54) is 7.11 Å². The topological polar surface area (TPSA) is 99.8 Å². The fraction of sp³-hybridized carbons (Fsp3) is 0.400. The van der Waals surface area contributed by atoms with E-state index >= 15 is 0 Å². The Morgan fingerprint density at radius 2 is 1.74 bits per heavy atom. The molecule has 2 N–H and O–H groups in total. The number of hydrogen-bond donors (Lipinski definition) is 2. The first kappa shape index (κ1) is 23.7. The summed E-state index contributed by atoms with van der Waals surface area (Å²) in [5, 5.41) is 3.49. The lowest BCUT2D eigenvalue weighted by Crippen LogP contribution is -2.48. The number of anilines is 1. The number of H-pyrrole nitrogens is 1. The van der Waals surface area contributed by atoms with E-state index < -0.39 is 0 Å². The van der Waals surface area contributed by atoms with Crippen LogP contribution in [0.1, 0.15) is 17.0 Å². The maximum atomic E-state index is 12.6. The molecule has 1 fully saturated rings. The molecule has 1 amide bonds. The summed E-state index contributed by atoms with van der Waals surface area (Å²) in [6.07, 6.45) is 0. The zero-order chi connectivity index (χ0) is 24.2. The molecule has 0 spiro atoms. The van der Waals surface area contributed by atoms with E-state index in [2.05, 4.69) is 25.1 Å². The molecule has 4 rings (SSSR count). The van der Waals surface area contributed by atoms with Crippen molar-refractivity contribution in [1.29, 1.82) is 0 Å². The SMILES string of the molecule is COc1cc2nc(CN3CCN(CC(=O)Nc4cccc(C)c4C)CC3)[nH]c(=O)c2cc1OC. The Morgan fingerprint density at radius 3 is 2.44 bits per heavy atom. The van der Waals surface area contributed by atoms with Crippen LogP contribution in [0.15, 0.2) is 35.1 Å². The number of aromatic nitrogens is 2. The first-order chi connectivity index (χ1) is 16.4. The summed E-state index contributed by atoms with van der Waals surface area (Å²) in [4.78, 5) is 37.0. The van der Waals surface area contributed by atoms with Crippen LogP contribution < -0.4 is 20.3 Å². The highest BCUT2D eigenvalue weighted by Gasteiger charge is 2.20. The number of amides is 1. The largest absolute Gasteiger partial charge is 0.493 e. The summed E-state index contributed by atoms with van der Waals surface area (Å²) in [6, 6.07) is 9.29. The average molecular weight is 466 g/mol. The number of methoxy groups -OCH3 is 2. The van der Waals surface area contributed by atoms with Gasteiger partial charge < -0.3 is 19.8 Å². The molecule has 180 valence electrons. The normalized spacial score (nSPS) is 14.8. The van der Waals surface area contributed by atoms with Crippen molar-refractivity contribution >= 4 is 22.5 Å². The maximum absolute atomic E-state index is 12.6. The number of nitrogens with one attached hydrogen (secondary N) is 2. The molecule has 2 aromatic carbocycles. The zero-order valence-corrected chi connectivity index (χ0v) is 20.1. The highest BCUT2D eigenvalue weighted by Crippen LogP contribution is 2.30. The lowest BCUT2D eigenvalue weighted by molar-refractivity contribution is -0.117. The van der Waals surface area contributed by atoms with Gasteiger partial charge in [-0.15, -0.1) is 0 Å². The van der Waals surface area contributed by atoms with Crippen LogP contribution in [0, 0.1) is 13.8 Å². The van der Waals surface area contributed by atoms with Crippen LogP contribution in [0.4, 0.5) is 5.69 Å². The molecule has 1 aliphatic heterocycles. The van der Waals surface area contributed by atoms with E-state index in [9.17, 15) is 9.59 Å². The van der Waals surface area contributed by atoms with Crippen molar-refractivity contribution in [3.8, 4) is 11.5 Å². The molecular weight excluding hydrogens is 434 g/mol. The number of carbonyl (C=O) groups is 1. The van der Waals surface area contributed by atoms with Gasteiger partial charge in [0.25, 0.3) is 5.56 Å². The minimum Gasteiger partial charge on any atom is -0.493 e. The summed E-state index contributed by atoms with van der Waals surface area (Å²) >= 11 is 0. The summed E-state index contributed by atoms with van der Waals surface area (Å²) in [5.41, 5.74) is 3.48. The molecular formula is C25H31N5O4. The van der Waals surface area contributed by atoms with Crippen molar-refractivity contribution in [3.05, 3.63) is 57.6 Å². The third-order valence-corrected chi connectivity index (χ3v) is 6.34. The van der Waals surface area contributed by atoms with Gasteiger partial charge in [-0.3, -0.25) is 19.4 Å². The summed E-state index contributed by atoms with van der Waals surface area (Å²) < 4.78 is 10.6. The van der Waals surface area contributed by atoms with Gasteiger partial charge in [-0.25, -0.2) is 4.98 Å². The van der Waals surface area contributed by atoms with Gasteiger partial charge in [0, 0.05) is 37.9 Å². The zero-order valence-electron chi connectivity index (χ0n) is 20.1. The molecule has 34 heavy (non-hydrogen) atoms. The van der Waals surface area contributed by atoms with Crippen molar-refractivity contribution in [2.45, 2.75) is 20.4 Å². The Labute approximate surface area is 198 Å². The minimum absolute atomic E-state index is 0.00736. The Hall–Kier alpha value is -3.43. The van der Waals surface area contributed by atoms with Crippen LogP contribution in [-0.4, -0.2) is 72.6 Å². The van der Waals surface area contributed by atoms with E-state index in [-0.39, 0.29) is 11.5 Å². The standard InChI is InChI=1S/C25H31N5O4/c1-16-6-5-7-19(17(16)2)27-24(31)15-30-10-8-29(9-11-30)14-23-26-20-13-22(34-4)21(33-3)12-18(20)25(32)28-23/h5-7,12-13H,8-11,14-15H2,1-4H3,(H,27,31)(H,26,28,32). The second-order valence-corrected chi connectivity index (χ2v) is 8.58. The molecule has 0 radical (unpaired) electrons. The van der Waals surface area contributed by atoms with Crippen molar-refractivity contribution in [2.24, 2.45) is 0 Å². The van der Waals surface area contributed by atoms with Gasteiger partial charge in [-0.05, 0) is 37.1 Å². The van der Waals surface area contributed by atoms with Gasteiger partial charge in [-0.2, -0.15) is 0 Å². The maximum Gasteiger partial charge on any atom is 0.258 e. The van der Waals surface area contributed by atoms with Crippen LogP contribution >= 0.6 is 0 Å². The number of aromatic amines is 1. The quantitative estimate of drug-likeness (QED) is 0.552. The van der Waals surface area contributed by atoms with E-state index in [1.807, 2.05) is 32.0 Å². The summed E-state index contributed by atoms with van der Waals surface area (Å²) in [5.74, 6) is 1.62. The number of fused-ring (bicyclic) bond motifs is 1. The molecule has 1 saturated heterocycles. The van der Waals surface area contributed by atoms with Gasteiger partial charge >= 0.3 is 0 Å². The second kappa shape index (κ2) is 10.2. The van der Waals surface area contributed by atoms with Gasteiger partial charge in [0.1, 0.15) is 5.82 Å². The number of piperazine rings is 1. The molecule has 0 saturated carbocycles. The predicted molar refractivity (Wildman–Crippen MR) is 132 cm³/mol. The number of carbonyl (C=O) groups excluding carboxylic acids is 1. The summed E-state index contributed by atoms with van der Waals surface area (Å²) in [7, 11) is 3.09. The van der Waals surface area contributed by atoms with Crippen LogP contribution in [-0.2, 0) is 11.3 Å². The lowest BCUT2D eigenvalue weighted by atomic mass is 10.1. The number of hydrogen-bond acceptors (Lipinski definition) is 7. The molecule has 1 aliphatic rings. The fourth-order valence-electron chi connectivity index (χ4n) is 4.19. The number of aryl methyl sites for hydroxylation is 1. The van der Waals surface area contributed by atoms with E-state index in [0.717, 1.165) is 43.0 Å². The molecule has 0 aliphatic carbocycles. The fourth-order valence-corrected chi connectivity index (χ4v) is 4.19. The van der Waals surface area contributed by atoms with Gasteiger partial charge in [0.15, 0.2) is 11.5 Å². The third kappa shape index (κ3) is 5.21. The number of ether oxygens (including phenoxy) is 2. The van der Waals surface area contributed by atoms with Gasteiger partial charge in [0.2, 0.25) is 5.91 Å². The van der Waals surface area contributed by atoms with Crippen LogP contribution in [0.2, 0.25) is 0 Å². The lowest BCUT2D eigenvalue weighted by Gasteiger charge is -2.34. The van der Waals surface area contributed by atoms with Crippen molar-refractivity contribution in [1.82, 2.24) is 19.8 Å². The van der Waals surface area contributed by atoms with E-state index in [1.54, 1.807) is 19.2 Å². The predicted octanol–water partition coefficient (Wildman–Crippen LogP) is 2.31. The number of nitrogens with zero attached hydrogens (tertiary/aromatic N) is 3. The number of benzene rings is 2. The molecule has 0 bridgehead atoms. The van der Waals surface area contributed by atoms with Gasteiger partial charge in [-0.1, -0.05) is 12.1 Å². The van der Waals surface area contributed by atoms with Crippen molar-refractivity contribution in [3.63, 3.8) is 0 Å². The van der Waals surface area contributed by atoms with Crippen LogP contribution in [0.3, 0.4) is 0 Å². The molecule has 9 nitrogen and oxygen atoms in total. The molecule has 3 aromatic rings. The third-order valence-electron chi connectivity index (χ3n) is 6.34. The van der Waals surface area contributed by atoms with Crippen molar-refractivity contribution < 1.29 is 14.3 Å². The average Bonchev–Trinajstić information content (AvgIpc) is 2.82.